The molecule has 0 unspecified atom stereocenters. The van der Waals surface area contributed by atoms with Crippen LogP contribution in [-0.4, -0.2) is 47.2 Å². The van der Waals surface area contributed by atoms with Crippen molar-refractivity contribution in [2.75, 3.05) is 31.1 Å². The van der Waals surface area contributed by atoms with Crippen LogP contribution in [0.1, 0.15) is 47.3 Å². The van der Waals surface area contributed by atoms with Crippen LogP contribution in [0.15, 0.2) is 36.5 Å². The third-order valence-corrected chi connectivity index (χ3v) is 6.29. The summed E-state index contributed by atoms with van der Waals surface area (Å²) in [5.74, 6) is 0.939. The molecule has 2 fully saturated rings. The molecule has 0 spiro atoms. The van der Waals surface area contributed by atoms with Gasteiger partial charge in [0.25, 0.3) is 0 Å². The number of aromatic carboxylic acids is 1. The summed E-state index contributed by atoms with van der Waals surface area (Å²) >= 11 is 0. The molecular formula is C23H30N4O2. The monoisotopic (exact) mass is 394 g/mol. The van der Waals surface area contributed by atoms with Gasteiger partial charge < -0.3 is 15.3 Å². The molecule has 2 aliphatic heterocycles. The van der Waals surface area contributed by atoms with Gasteiger partial charge in [-0.15, -0.1) is 0 Å². The van der Waals surface area contributed by atoms with Gasteiger partial charge in [0.15, 0.2) is 0 Å². The molecule has 0 amide bonds. The van der Waals surface area contributed by atoms with E-state index in [2.05, 4.69) is 45.5 Å². The Labute approximate surface area is 172 Å². The Morgan fingerprint density at radius 3 is 2.41 bits per heavy atom. The van der Waals surface area contributed by atoms with Crippen LogP contribution in [0.5, 0.6) is 0 Å². The molecule has 6 nitrogen and oxygen atoms in total. The van der Waals surface area contributed by atoms with Crippen molar-refractivity contribution in [3.8, 4) is 0 Å². The number of aromatic nitrogens is 2. The number of nitrogens with one attached hydrogen (secondary N) is 1. The van der Waals surface area contributed by atoms with Crippen molar-refractivity contribution in [1.82, 2.24) is 15.3 Å². The first-order valence-corrected chi connectivity index (χ1v) is 10.8. The lowest BCUT2D eigenvalue weighted by molar-refractivity contribution is 0.0694. The molecule has 2 aliphatic rings. The zero-order valence-corrected chi connectivity index (χ0v) is 16.9. The summed E-state index contributed by atoms with van der Waals surface area (Å²) in [4.78, 5) is 23.0. The Balaban J connectivity index is 1.41. The summed E-state index contributed by atoms with van der Waals surface area (Å²) in [6.07, 6.45) is 7.73. The van der Waals surface area contributed by atoms with Crippen LogP contribution >= 0.6 is 0 Å². The number of anilines is 1. The number of rotatable bonds is 6. The standard InChI is InChI=1S/C23H30N4O2/c28-22(29)20-16-25-23(26-21(20)15-18-6-10-24-11-7-18)27-12-8-19(9-13-27)14-17-4-2-1-3-5-17/h1-5,16,18-19,24H,6-15H2,(H,28,29). The van der Waals surface area contributed by atoms with Crippen molar-refractivity contribution in [1.29, 1.82) is 0 Å². The van der Waals surface area contributed by atoms with E-state index in [-0.39, 0.29) is 5.56 Å². The maximum Gasteiger partial charge on any atom is 0.339 e. The lowest BCUT2D eigenvalue weighted by Gasteiger charge is -2.32. The second kappa shape index (κ2) is 9.35. The van der Waals surface area contributed by atoms with Crippen molar-refractivity contribution in [3.05, 3.63) is 53.3 Å². The van der Waals surface area contributed by atoms with Gasteiger partial charge in [-0.3, -0.25) is 0 Å². The third kappa shape index (κ3) is 5.12. The Hall–Kier alpha value is -2.47. The largest absolute Gasteiger partial charge is 0.478 e. The summed E-state index contributed by atoms with van der Waals surface area (Å²) in [6, 6.07) is 10.7. The highest BCUT2D eigenvalue weighted by atomic mass is 16.4. The minimum absolute atomic E-state index is 0.256. The smallest absolute Gasteiger partial charge is 0.339 e. The van der Waals surface area contributed by atoms with Crippen molar-refractivity contribution in [2.24, 2.45) is 11.8 Å². The molecule has 154 valence electrons. The van der Waals surface area contributed by atoms with Gasteiger partial charge in [-0.25, -0.2) is 14.8 Å². The lowest BCUT2D eigenvalue weighted by Crippen LogP contribution is -2.36. The van der Waals surface area contributed by atoms with E-state index in [4.69, 9.17) is 4.98 Å². The van der Waals surface area contributed by atoms with Crippen LogP contribution < -0.4 is 10.2 Å². The number of hydrogen-bond donors (Lipinski definition) is 2. The van der Waals surface area contributed by atoms with E-state index in [9.17, 15) is 9.90 Å². The Morgan fingerprint density at radius 2 is 1.72 bits per heavy atom. The SMILES string of the molecule is O=C(O)c1cnc(N2CCC(Cc3ccccc3)CC2)nc1CC1CCNCC1. The van der Waals surface area contributed by atoms with Crippen LogP contribution in [0, 0.1) is 11.8 Å². The van der Waals surface area contributed by atoms with Crippen molar-refractivity contribution in [3.63, 3.8) is 0 Å². The number of carbonyl (C=O) groups is 1. The predicted octanol–water partition coefficient (Wildman–Crippen LogP) is 3.18. The zero-order valence-electron chi connectivity index (χ0n) is 16.9. The van der Waals surface area contributed by atoms with Crippen molar-refractivity contribution >= 4 is 11.9 Å². The first-order chi connectivity index (χ1) is 14.2. The predicted molar refractivity (Wildman–Crippen MR) is 113 cm³/mol. The van der Waals surface area contributed by atoms with E-state index >= 15 is 0 Å². The fourth-order valence-corrected chi connectivity index (χ4v) is 4.54. The highest BCUT2D eigenvalue weighted by molar-refractivity contribution is 5.88. The fraction of sp³-hybridized carbons (Fsp3) is 0.522. The first kappa shape index (κ1) is 19.8. The summed E-state index contributed by atoms with van der Waals surface area (Å²) in [7, 11) is 0. The van der Waals surface area contributed by atoms with Crippen LogP contribution in [-0.2, 0) is 12.8 Å². The van der Waals surface area contributed by atoms with Crippen LogP contribution in [0.3, 0.4) is 0 Å². The number of benzene rings is 1. The van der Waals surface area contributed by atoms with E-state index in [1.807, 2.05) is 0 Å². The van der Waals surface area contributed by atoms with Gasteiger partial charge in [0.1, 0.15) is 0 Å². The number of carboxylic acids is 1. The van der Waals surface area contributed by atoms with Gasteiger partial charge >= 0.3 is 5.97 Å². The van der Waals surface area contributed by atoms with Gasteiger partial charge in [-0.2, -0.15) is 0 Å². The molecule has 0 aliphatic carbocycles. The molecule has 6 heteroatoms. The average molecular weight is 395 g/mol. The minimum Gasteiger partial charge on any atom is -0.478 e. The molecule has 0 bridgehead atoms. The van der Waals surface area contributed by atoms with E-state index in [0.29, 0.717) is 23.5 Å². The van der Waals surface area contributed by atoms with E-state index < -0.39 is 5.97 Å². The summed E-state index contributed by atoms with van der Waals surface area (Å²) in [6.45, 7) is 3.85. The number of nitrogens with zero attached hydrogens (tertiary/aromatic N) is 3. The van der Waals surface area contributed by atoms with E-state index in [1.54, 1.807) is 0 Å². The molecule has 0 saturated carbocycles. The quantitative estimate of drug-likeness (QED) is 0.784. The Kier molecular flexibility index (Phi) is 6.39. The topological polar surface area (TPSA) is 78.3 Å². The van der Waals surface area contributed by atoms with Crippen LogP contribution in [0.4, 0.5) is 5.95 Å². The van der Waals surface area contributed by atoms with E-state index in [0.717, 1.165) is 64.7 Å². The van der Waals surface area contributed by atoms with Gasteiger partial charge in [0.2, 0.25) is 5.95 Å². The van der Waals surface area contributed by atoms with Crippen LogP contribution in [0.25, 0.3) is 0 Å². The van der Waals surface area contributed by atoms with Gasteiger partial charge in [-0.05, 0) is 69.0 Å². The highest BCUT2D eigenvalue weighted by Gasteiger charge is 2.24. The molecule has 29 heavy (non-hydrogen) atoms. The molecule has 2 aromatic rings. The lowest BCUT2D eigenvalue weighted by atomic mass is 9.90. The second-order valence-corrected chi connectivity index (χ2v) is 8.35. The Bertz CT molecular complexity index is 813. The molecule has 4 rings (SSSR count). The van der Waals surface area contributed by atoms with Crippen LogP contribution in [0.2, 0.25) is 0 Å². The molecule has 0 atom stereocenters. The number of piperidine rings is 2. The normalized spacial score (nSPS) is 18.7. The van der Waals surface area contributed by atoms with Gasteiger partial charge in [0.05, 0.1) is 11.3 Å². The van der Waals surface area contributed by atoms with Crippen molar-refractivity contribution < 1.29 is 9.90 Å². The maximum absolute atomic E-state index is 11.7. The van der Waals surface area contributed by atoms with Crippen molar-refractivity contribution in [2.45, 2.75) is 38.5 Å². The molecular weight excluding hydrogens is 364 g/mol. The maximum atomic E-state index is 11.7. The molecule has 2 saturated heterocycles. The van der Waals surface area contributed by atoms with Gasteiger partial charge in [-0.1, -0.05) is 30.3 Å². The van der Waals surface area contributed by atoms with E-state index in [1.165, 1.54) is 11.8 Å². The second-order valence-electron chi connectivity index (χ2n) is 8.35. The molecule has 1 aromatic heterocycles. The minimum atomic E-state index is -0.929. The van der Waals surface area contributed by atoms with Gasteiger partial charge in [0, 0.05) is 19.3 Å². The fourth-order valence-electron chi connectivity index (χ4n) is 4.54. The summed E-state index contributed by atoms with van der Waals surface area (Å²) in [5.41, 5.74) is 2.35. The summed E-state index contributed by atoms with van der Waals surface area (Å²) < 4.78 is 0. The Morgan fingerprint density at radius 1 is 1.03 bits per heavy atom. The molecule has 2 N–H and O–H groups in total. The molecule has 1 aromatic carbocycles. The average Bonchev–Trinajstić information content (AvgIpc) is 2.75. The number of carboxylic acid groups (broad SMARTS) is 1. The third-order valence-electron chi connectivity index (χ3n) is 6.29. The summed E-state index contributed by atoms with van der Waals surface area (Å²) in [5, 5.41) is 12.9. The highest BCUT2D eigenvalue weighted by Crippen LogP contribution is 2.26. The first-order valence-electron chi connectivity index (χ1n) is 10.8. The molecule has 3 heterocycles. The molecule has 0 radical (unpaired) electrons. The zero-order chi connectivity index (χ0) is 20.1. The number of hydrogen-bond acceptors (Lipinski definition) is 5.